The highest BCUT2D eigenvalue weighted by molar-refractivity contribution is 6.07. The molecule has 0 spiro atoms. The van der Waals surface area contributed by atoms with E-state index in [1.165, 1.54) is 0 Å². The number of carbonyl (C=O) groups excluding carboxylic acids is 2. The van der Waals surface area contributed by atoms with E-state index in [0.717, 1.165) is 6.42 Å². The summed E-state index contributed by atoms with van der Waals surface area (Å²) >= 11 is 0. The smallest absolute Gasteiger partial charge is 0.235 e. The van der Waals surface area contributed by atoms with Crippen molar-refractivity contribution in [3.8, 4) is 0 Å². The maximum atomic E-state index is 12.0. The summed E-state index contributed by atoms with van der Waals surface area (Å²) in [6.45, 7) is 5.87. The van der Waals surface area contributed by atoms with Crippen LogP contribution >= 0.6 is 0 Å². The van der Waals surface area contributed by atoms with Crippen molar-refractivity contribution in [1.29, 1.82) is 0 Å². The van der Waals surface area contributed by atoms with Crippen LogP contribution in [0.5, 0.6) is 0 Å². The first-order valence-electron chi connectivity index (χ1n) is 6.58. The van der Waals surface area contributed by atoms with E-state index in [2.05, 4.69) is 10.6 Å². The number of methoxy groups -OCH3 is 1. The monoisotopic (exact) mass is 256 g/mol. The van der Waals surface area contributed by atoms with Gasteiger partial charge in [-0.3, -0.25) is 9.59 Å². The second-order valence-electron chi connectivity index (χ2n) is 5.29. The Morgan fingerprint density at radius 2 is 1.83 bits per heavy atom. The first-order chi connectivity index (χ1) is 8.53. The molecule has 0 aromatic rings. The van der Waals surface area contributed by atoms with Gasteiger partial charge in [0.2, 0.25) is 11.8 Å². The van der Waals surface area contributed by atoms with E-state index < -0.39 is 5.41 Å². The van der Waals surface area contributed by atoms with Crippen molar-refractivity contribution in [3.05, 3.63) is 0 Å². The number of nitrogens with one attached hydrogen (secondary N) is 2. The largest absolute Gasteiger partial charge is 0.385 e. The average molecular weight is 256 g/mol. The van der Waals surface area contributed by atoms with Crippen LogP contribution in [-0.2, 0) is 14.3 Å². The lowest BCUT2D eigenvalue weighted by atomic mass is 10.0. The van der Waals surface area contributed by atoms with Crippen LogP contribution in [0, 0.1) is 11.3 Å². The molecule has 0 saturated heterocycles. The molecule has 18 heavy (non-hydrogen) atoms. The molecule has 0 bridgehead atoms. The van der Waals surface area contributed by atoms with Crippen LogP contribution in [0.2, 0.25) is 0 Å². The summed E-state index contributed by atoms with van der Waals surface area (Å²) in [5.74, 6) is 0.134. The molecule has 5 heteroatoms. The van der Waals surface area contributed by atoms with Crippen LogP contribution in [-0.4, -0.2) is 38.6 Å². The van der Waals surface area contributed by atoms with Crippen molar-refractivity contribution in [2.45, 2.75) is 33.1 Å². The summed E-state index contributed by atoms with van der Waals surface area (Å²) in [6, 6.07) is 0. The van der Waals surface area contributed by atoms with Gasteiger partial charge in [-0.2, -0.15) is 0 Å². The van der Waals surface area contributed by atoms with Crippen LogP contribution in [0.4, 0.5) is 0 Å². The van der Waals surface area contributed by atoms with Gasteiger partial charge in [-0.1, -0.05) is 13.8 Å². The van der Waals surface area contributed by atoms with Crippen molar-refractivity contribution in [1.82, 2.24) is 10.6 Å². The normalized spacial score (nSPS) is 16.4. The lowest BCUT2D eigenvalue weighted by molar-refractivity contribution is -0.137. The number of carbonyl (C=O) groups is 2. The zero-order valence-corrected chi connectivity index (χ0v) is 11.5. The third-order valence-corrected chi connectivity index (χ3v) is 3.10. The molecule has 0 radical (unpaired) electrons. The summed E-state index contributed by atoms with van der Waals surface area (Å²) in [5, 5.41) is 5.65. The van der Waals surface area contributed by atoms with E-state index in [1.54, 1.807) is 7.11 Å². The summed E-state index contributed by atoms with van der Waals surface area (Å²) < 4.78 is 4.91. The standard InChI is InChI=1S/C13H24N2O3/c1-10(2)9-15-12(17)13(5-6-13)11(16)14-7-4-8-18-3/h10H,4-9H2,1-3H3,(H,14,16)(H,15,17). The van der Waals surface area contributed by atoms with Crippen molar-refractivity contribution in [2.75, 3.05) is 26.8 Å². The lowest BCUT2D eigenvalue weighted by Crippen LogP contribution is -2.44. The van der Waals surface area contributed by atoms with Crippen molar-refractivity contribution >= 4 is 11.8 Å². The zero-order valence-electron chi connectivity index (χ0n) is 11.5. The number of hydrogen-bond acceptors (Lipinski definition) is 3. The van der Waals surface area contributed by atoms with E-state index in [9.17, 15) is 9.59 Å². The van der Waals surface area contributed by atoms with Gasteiger partial charge in [-0.25, -0.2) is 0 Å². The number of amides is 2. The van der Waals surface area contributed by atoms with Crippen molar-refractivity contribution < 1.29 is 14.3 Å². The second-order valence-corrected chi connectivity index (χ2v) is 5.29. The Balaban J connectivity index is 2.34. The van der Waals surface area contributed by atoms with Gasteiger partial charge in [-0.05, 0) is 25.2 Å². The molecule has 5 nitrogen and oxygen atoms in total. The molecule has 0 unspecified atom stereocenters. The fraction of sp³-hybridized carbons (Fsp3) is 0.846. The number of rotatable bonds is 8. The molecular weight excluding hydrogens is 232 g/mol. The molecule has 0 aliphatic heterocycles. The molecule has 1 aliphatic rings. The maximum Gasteiger partial charge on any atom is 0.235 e. The number of ether oxygens (including phenoxy) is 1. The van der Waals surface area contributed by atoms with Crippen LogP contribution in [0.25, 0.3) is 0 Å². The molecule has 0 aromatic carbocycles. The summed E-state index contributed by atoms with van der Waals surface area (Å²) in [7, 11) is 1.63. The van der Waals surface area contributed by atoms with Gasteiger partial charge in [-0.15, -0.1) is 0 Å². The average Bonchev–Trinajstić information content (AvgIpc) is 3.12. The molecule has 0 heterocycles. The fourth-order valence-electron chi connectivity index (χ4n) is 1.74. The van der Waals surface area contributed by atoms with E-state index in [4.69, 9.17) is 4.74 Å². The minimum Gasteiger partial charge on any atom is -0.385 e. The molecule has 104 valence electrons. The van der Waals surface area contributed by atoms with Crippen molar-refractivity contribution in [3.63, 3.8) is 0 Å². The SMILES string of the molecule is COCCCNC(=O)C1(C(=O)NCC(C)C)CC1. The Hall–Kier alpha value is -1.10. The lowest BCUT2D eigenvalue weighted by Gasteiger charge is -2.16. The van der Waals surface area contributed by atoms with Crippen molar-refractivity contribution in [2.24, 2.45) is 11.3 Å². The highest BCUT2D eigenvalue weighted by atomic mass is 16.5. The molecule has 1 fully saturated rings. The van der Waals surface area contributed by atoms with E-state index in [1.807, 2.05) is 13.8 Å². The predicted octanol–water partition coefficient (Wildman–Crippen LogP) is 0.691. The van der Waals surface area contributed by atoms with Gasteiger partial charge < -0.3 is 15.4 Å². The Morgan fingerprint density at radius 3 is 2.33 bits per heavy atom. The Labute approximate surface area is 109 Å². The molecule has 1 aliphatic carbocycles. The van der Waals surface area contributed by atoms with Gasteiger partial charge in [0.25, 0.3) is 0 Å². The van der Waals surface area contributed by atoms with Gasteiger partial charge in [0.1, 0.15) is 5.41 Å². The Kier molecular flexibility index (Phi) is 5.59. The first-order valence-corrected chi connectivity index (χ1v) is 6.58. The Morgan fingerprint density at radius 1 is 1.22 bits per heavy atom. The van der Waals surface area contributed by atoms with Gasteiger partial charge in [0, 0.05) is 26.8 Å². The van der Waals surface area contributed by atoms with Gasteiger partial charge in [0.15, 0.2) is 0 Å². The topological polar surface area (TPSA) is 67.4 Å². The molecule has 1 rings (SSSR count). The minimum absolute atomic E-state index is 0.125. The number of hydrogen-bond donors (Lipinski definition) is 2. The van der Waals surface area contributed by atoms with E-state index in [-0.39, 0.29) is 11.8 Å². The highest BCUT2D eigenvalue weighted by Crippen LogP contribution is 2.46. The Bertz CT molecular complexity index is 299. The molecular formula is C13H24N2O3. The molecule has 0 atom stereocenters. The van der Waals surface area contributed by atoms with Crippen LogP contribution < -0.4 is 10.6 Å². The first kappa shape index (κ1) is 15.0. The van der Waals surface area contributed by atoms with Gasteiger partial charge in [0.05, 0.1) is 0 Å². The molecule has 2 N–H and O–H groups in total. The van der Waals surface area contributed by atoms with E-state index >= 15 is 0 Å². The maximum absolute atomic E-state index is 12.0. The van der Waals surface area contributed by atoms with E-state index in [0.29, 0.717) is 38.5 Å². The molecule has 0 aromatic heterocycles. The van der Waals surface area contributed by atoms with Crippen LogP contribution in [0.1, 0.15) is 33.1 Å². The molecule has 1 saturated carbocycles. The predicted molar refractivity (Wildman–Crippen MR) is 69.0 cm³/mol. The second kappa shape index (κ2) is 6.73. The third-order valence-electron chi connectivity index (χ3n) is 3.10. The van der Waals surface area contributed by atoms with Crippen LogP contribution in [0.3, 0.4) is 0 Å². The minimum atomic E-state index is -0.790. The van der Waals surface area contributed by atoms with Crippen LogP contribution in [0.15, 0.2) is 0 Å². The fourth-order valence-corrected chi connectivity index (χ4v) is 1.74. The summed E-state index contributed by atoms with van der Waals surface area (Å²) in [6.07, 6.45) is 2.09. The third kappa shape index (κ3) is 3.98. The highest BCUT2D eigenvalue weighted by Gasteiger charge is 2.56. The van der Waals surface area contributed by atoms with Gasteiger partial charge >= 0.3 is 0 Å². The summed E-state index contributed by atoms with van der Waals surface area (Å²) in [5.41, 5.74) is -0.790. The zero-order chi connectivity index (χ0) is 13.6. The molecule has 2 amide bonds. The quantitative estimate of drug-likeness (QED) is 0.496. The summed E-state index contributed by atoms with van der Waals surface area (Å²) in [4.78, 5) is 23.9.